The number of thiazole rings is 1. The van der Waals surface area contributed by atoms with Gasteiger partial charge >= 0.3 is 0 Å². The van der Waals surface area contributed by atoms with E-state index in [2.05, 4.69) is 10.3 Å². The number of nitrogens with zero attached hydrogens (tertiary/aromatic N) is 2. The third kappa shape index (κ3) is 3.37. The van der Waals surface area contributed by atoms with Crippen molar-refractivity contribution in [3.8, 4) is 16.6 Å². The highest BCUT2D eigenvalue weighted by Gasteiger charge is 2.13. The Morgan fingerprint density at radius 1 is 1.26 bits per heavy atom. The van der Waals surface area contributed by atoms with Gasteiger partial charge in [0.2, 0.25) is 5.91 Å². The molecule has 1 atom stereocenters. The molecular formula is C17H14N4OS. The normalized spacial score (nSPS) is 11.8. The third-order valence-electron chi connectivity index (χ3n) is 3.34. The lowest BCUT2D eigenvalue weighted by molar-refractivity contribution is -0.117. The van der Waals surface area contributed by atoms with Crippen LogP contribution in [0, 0.1) is 11.3 Å². The average Bonchev–Trinajstić information content (AvgIpc) is 2.99. The zero-order valence-electron chi connectivity index (χ0n) is 12.2. The average molecular weight is 322 g/mol. The molecule has 6 heteroatoms. The Kier molecular flexibility index (Phi) is 4.33. The Morgan fingerprint density at radius 3 is 2.70 bits per heavy atom. The van der Waals surface area contributed by atoms with E-state index in [1.54, 1.807) is 23.5 Å². The van der Waals surface area contributed by atoms with Gasteiger partial charge in [0.05, 0.1) is 28.7 Å². The van der Waals surface area contributed by atoms with E-state index in [0.29, 0.717) is 5.69 Å². The summed E-state index contributed by atoms with van der Waals surface area (Å²) in [5.74, 6) is -0.362. The quantitative estimate of drug-likeness (QED) is 0.772. The lowest BCUT2D eigenvalue weighted by atomic mass is 10.2. The van der Waals surface area contributed by atoms with Crippen LogP contribution in [0.15, 0.2) is 48.5 Å². The number of hydrogen-bond donors (Lipinski definition) is 2. The van der Waals surface area contributed by atoms with Crippen LogP contribution < -0.4 is 11.1 Å². The molecule has 114 valence electrons. The zero-order chi connectivity index (χ0) is 16.2. The van der Waals surface area contributed by atoms with E-state index in [0.717, 1.165) is 20.8 Å². The molecule has 0 aliphatic carbocycles. The van der Waals surface area contributed by atoms with Crippen LogP contribution in [-0.4, -0.2) is 16.9 Å². The Bertz CT molecular complexity index is 846. The van der Waals surface area contributed by atoms with Gasteiger partial charge in [-0.3, -0.25) is 4.79 Å². The number of aromatic nitrogens is 1. The first-order chi connectivity index (χ1) is 11.2. The summed E-state index contributed by atoms with van der Waals surface area (Å²) >= 11 is 1.63. The van der Waals surface area contributed by atoms with E-state index >= 15 is 0 Å². The summed E-state index contributed by atoms with van der Waals surface area (Å²) in [5, 5.41) is 12.2. The maximum Gasteiger partial charge on any atom is 0.242 e. The maximum absolute atomic E-state index is 11.8. The van der Waals surface area contributed by atoms with Crippen molar-refractivity contribution in [1.29, 1.82) is 5.26 Å². The first-order valence-corrected chi connectivity index (χ1v) is 7.88. The standard InChI is InChI=1S/C17H14N4OS/c18-10-9-13(19)16(22)20-12-7-5-11(6-8-12)17-21-14-3-1-2-4-15(14)23-17/h1-8,13H,9,19H2,(H,20,22)/t13-/m1/s1. The van der Waals surface area contributed by atoms with Crippen molar-refractivity contribution >= 4 is 33.1 Å². The lowest BCUT2D eigenvalue weighted by Crippen LogP contribution is -2.35. The second-order valence-electron chi connectivity index (χ2n) is 5.02. The molecule has 3 N–H and O–H groups in total. The summed E-state index contributed by atoms with van der Waals surface area (Å²) in [4.78, 5) is 16.4. The van der Waals surface area contributed by atoms with Gasteiger partial charge in [-0.25, -0.2) is 4.98 Å². The van der Waals surface area contributed by atoms with Crippen LogP contribution >= 0.6 is 11.3 Å². The topological polar surface area (TPSA) is 91.8 Å². The van der Waals surface area contributed by atoms with Crippen LogP contribution in [0.1, 0.15) is 6.42 Å². The van der Waals surface area contributed by atoms with Gasteiger partial charge in [-0.1, -0.05) is 12.1 Å². The van der Waals surface area contributed by atoms with Crippen LogP contribution in [0.4, 0.5) is 5.69 Å². The number of rotatable bonds is 4. The van der Waals surface area contributed by atoms with Gasteiger partial charge in [-0.2, -0.15) is 5.26 Å². The molecule has 0 saturated carbocycles. The molecule has 0 spiro atoms. The Morgan fingerprint density at radius 2 is 2.00 bits per heavy atom. The van der Waals surface area contributed by atoms with E-state index < -0.39 is 6.04 Å². The monoisotopic (exact) mass is 322 g/mol. The van der Waals surface area contributed by atoms with Gasteiger partial charge in [-0.05, 0) is 36.4 Å². The fraction of sp³-hybridized carbons (Fsp3) is 0.118. The summed E-state index contributed by atoms with van der Waals surface area (Å²) in [7, 11) is 0. The smallest absolute Gasteiger partial charge is 0.242 e. The number of amides is 1. The minimum atomic E-state index is -0.816. The predicted octanol–water partition coefficient (Wildman–Crippen LogP) is 3.14. The summed E-state index contributed by atoms with van der Waals surface area (Å²) < 4.78 is 1.14. The zero-order valence-corrected chi connectivity index (χ0v) is 13.0. The van der Waals surface area contributed by atoms with Crippen molar-refractivity contribution in [2.24, 2.45) is 5.73 Å². The second kappa shape index (κ2) is 6.57. The van der Waals surface area contributed by atoms with Gasteiger partial charge in [0, 0.05) is 11.3 Å². The maximum atomic E-state index is 11.8. The van der Waals surface area contributed by atoms with Crippen molar-refractivity contribution in [3.63, 3.8) is 0 Å². The molecule has 0 radical (unpaired) electrons. The van der Waals surface area contributed by atoms with Gasteiger partial charge in [0.25, 0.3) is 0 Å². The molecule has 0 aliphatic heterocycles. The molecule has 0 unspecified atom stereocenters. The highest BCUT2D eigenvalue weighted by atomic mass is 32.1. The third-order valence-corrected chi connectivity index (χ3v) is 4.43. The molecular weight excluding hydrogens is 308 g/mol. The number of nitrogens with one attached hydrogen (secondary N) is 1. The SMILES string of the molecule is N#CC[C@@H](N)C(=O)Nc1ccc(-c2nc3ccccc3s2)cc1. The highest BCUT2D eigenvalue weighted by molar-refractivity contribution is 7.21. The number of fused-ring (bicyclic) bond motifs is 1. The molecule has 5 nitrogen and oxygen atoms in total. The molecule has 0 aliphatic rings. The summed E-state index contributed by atoms with van der Waals surface area (Å²) in [6.45, 7) is 0. The molecule has 0 bridgehead atoms. The molecule has 0 fully saturated rings. The van der Waals surface area contributed by atoms with Gasteiger partial charge < -0.3 is 11.1 Å². The van der Waals surface area contributed by atoms with Crippen molar-refractivity contribution in [2.75, 3.05) is 5.32 Å². The largest absolute Gasteiger partial charge is 0.325 e. The molecule has 1 aromatic heterocycles. The minimum Gasteiger partial charge on any atom is -0.325 e. The molecule has 0 saturated heterocycles. The fourth-order valence-electron chi connectivity index (χ4n) is 2.12. The van der Waals surface area contributed by atoms with Crippen LogP contribution in [-0.2, 0) is 4.79 Å². The van der Waals surface area contributed by atoms with Crippen molar-refractivity contribution in [3.05, 3.63) is 48.5 Å². The van der Waals surface area contributed by atoms with Crippen LogP contribution in [0.3, 0.4) is 0 Å². The number of nitrogens with two attached hydrogens (primary N) is 1. The molecule has 1 amide bonds. The van der Waals surface area contributed by atoms with E-state index in [4.69, 9.17) is 11.0 Å². The number of hydrogen-bond acceptors (Lipinski definition) is 5. The first-order valence-electron chi connectivity index (χ1n) is 7.07. The fourth-order valence-corrected chi connectivity index (χ4v) is 3.09. The number of carbonyl (C=O) groups is 1. The van der Waals surface area contributed by atoms with Gasteiger partial charge in [-0.15, -0.1) is 11.3 Å². The molecule has 3 aromatic rings. The Hall–Kier alpha value is -2.75. The number of carbonyl (C=O) groups excluding carboxylic acids is 1. The van der Waals surface area contributed by atoms with E-state index in [-0.39, 0.29) is 12.3 Å². The van der Waals surface area contributed by atoms with Crippen LogP contribution in [0.2, 0.25) is 0 Å². The molecule has 1 heterocycles. The van der Waals surface area contributed by atoms with Crippen molar-refractivity contribution in [2.45, 2.75) is 12.5 Å². The Balaban J connectivity index is 1.77. The van der Waals surface area contributed by atoms with E-state index in [9.17, 15) is 4.79 Å². The second-order valence-corrected chi connectivity index (χ2v) is 6.05. The number of anilines is 1. The van der Waals surface area contributed by atoms with Crippen molar-refractivity contribution in [1.82, 2.24) is 4.98 Å². The highest BCUT2D eigenvalue weighted by Crippen LogP contribution is 2.30. The lowest BCUT2D eigenvalue weighted by Gasteiger charge is -2.09. The van der Waals surface area contributed by atoms with Gasteiger partial charge in [0.15, 0.2) is 0 Å². The van der Waals surface area contributed by atoms with Crippen molar-refractivity contribution < 1.29 is 4.79 Å². The van der Waals surface area contributed by atoms with Crippen LogP contribution in [0.5, 0.6) is 0 Å². The van der Waals surface area contributed by atoms with Gasteiger partial charge in [0.1, 0.15) is 5.01 Å². The summed E-state index contributed by atoms with van der Waals surface area (Å²) in [6, 6.07) is 16.5. The number of benzene rings is 2. The summed E-state index contributed by atoms with van der Waals surface area (Å²) in [5.41, 5.74) is 8.21. The minimum absolute atomic E-state index is 0.00434. The Labute approximate surface area is 137 Å². The number of para-hydroxylation sites is 1. The molecule has 23 heavy (non-hydrogen) atoms. The van der Waals surface area contributed by atoms with E-state index in [1.165, 1.54) is 0 Å². The number of nitriles is 1. The molecule has 3 rings (SSSR count). The summed E-state index contributed by atoms with van der Waals surface area (Å²) in [6.07, 6.45) is -0.00434. The molecule has 2 aromatic carbocycles. The van der Waals surface area contributed by atoms with Crippen LogP contribution in [0.25, 0.3) is 20.8 Å². The predicted molar refractivity (Wildman–Crippen MR) is 91.9 cm³/mol. The first kappa shape index (κ1) is 15.2. The van der Waals surface area contributed by atoms with E-state index in [1.807, 2.05) is 42.5 Å².